The molecule has 16 heavy (non-hydrogen) atoms. The number of anilines is 1. The van der Waals surface area contributed by atoms with Gasteiger partial charge in [-0.3, -0.25) is 0 Å². The van der Waals surface area contributed by atoms with Crippen molar-refractivity contribution < 1.29 is 4.39 Å². The van der Waals surface area contributed by atoms with Crippen molar-refractivity contribution in [3.8, 4) is 5.69 Å². The molecule has 1 aromatic carbocycles. The smallest absolute Gasteiger partial charge is 0.356 e. The van der Waals surface area contributed by atoms with Gasteiger partial charge in [-0.1, -0.05) is 17.7 Å². The Bertz CT molecular complexity index is 578. The van der Waals surface area contributed by atoms with Gasteiger partial charge >= 0.3 is 5.69 Å². The molecule has 5 nitrogen and oxygen atoms in total. The predicted octanol–water partition coefficient (Wildman–Crippen LogP) is 1.00. The highest BCUT2D eigenvalue weighted by atomic mass is 35.5. The van der Waals surface area contributed by atoms with Crippen molar-refractivity contribution in [2.75, 3.05) is 5.73 Å². The van der Waals surface area contributed by atoms with Crippen LogP contribution in [0, 0.1) is 5.82 Å². The second-order valence-electron chi connectivity index (χ2n) is 2.94. The quantitative estimate of drug-likeness (QED) is 0.807. The molecule has 0 fully saturated rings. The Kier molecular flexibility index (Phi) is 2.57. The van der Waals surface area contributed by atoms with Gasteiger partial charge in [-0.05, 0) is 12.1 Å². The van der Waals surface area contributed by atoms with Crippen molar-refractivity contribution in [3.63, 3.8) is 0 Å². The number of nitrogens with zero attached hydrogens (tertiary/aromatic N) is 3. The van der Waals surface area contributed by atoms with Crippen LogP contribution in [0.1, 0.15) is 0 Å². The molecule has 2 aromatic rings. The lowest BCUT2D eigenvalue weighted by Gasteiger charge is -2.07. The summed E-state index contributed by atoms with van der Waals surface area (Å²) in [5, 5.41) is 0.0930. The minimum absolute atomic E-state index is 0.0887. The molecular formula is C9H6ClFN4O. The Hall–Kier alpha value is -1.95. The molecule has 0 bridgehead atoms. The molecule has 0 atom stereocenters. The fourth-order valence-electron chi connectivity index (χ4n) is 1.22. The summed E-state index contributed by atoms with van der Waals surface area (Å²) in [7, 11) is 0. The van der Waals surface area contributed by atoms with E-state index in [1.54, 1.807) is 0 Å². The first-order valence-electron chi connectivity index (χ1n) is 4.25. The fourth-order valence-corrected chi connectivity index (χ4v) is 1.47. The van der Waals surface area contributed by atoms with Crippen LogP contribution in [-0.4, -0.2) is 14.5 Å². The van der Waals surface area contributed by atoms with Gasteiger partial charge in [0.25, 0.3) is 0 Å². The van der Waals surface area contributed by atoms with E-state index < -0.39 is 11.5 Å². The molecule has 0 spiro atoms. The van der Waals surface area contributed by atoms with Crippen molar-refractivity contribution in [2.45, 2.75) is 0 Å². The minimum atomic E-state index is -0.737. The fraction of sp³-hybridized carbons (Fsp3) is 0. The van der Waals surface area contributed by atoms with Gasteiger partial charge in [-0.25, -0.2) is 18.7 Å². The van der Waals surface area contributed by atoms with E-state index >= 15 is 0 Å². The predicted molar refractivity (Wildman–Crippen MR) is 57.0 cm³/mol. The lowest BCUT2D eigenvalue weighted by atomic mass is 10.3. The summed E-state index contributed by atoms with van der Waals surface area (Å²) in [5.41, 5.74) is 4.39. The van der Waals surface area contributed by atoms with E-state index in [2.05, 4.69) is 9.97 Å². The van der Waals surface area contributed by atoms with Gasteiger partial charge in [0.2, 0.25) is 5.95 Å². The average Bonchev–Trinajstić information content (AvgIpc) is 2.20. The molecule has 1 aromatic heterocycles. The SMILES string of the molecule is Nc1ncn(-c2c(F)cccc2Cl)c(=O)n1. The molecule has 2 N–H and O–H groups in total. The topological polar surface area (TPSA) is 73.8 Å². The highest BCUT2D eigenvalue weighted by Gasteiger charge is 2.11. The van der Waals surface area contributed by atoms with Gasteiger partial charge in [0, 0.05) is 0 Å². The second kappa shape index (κ2) is 3.90. The Labute approximate surface area is 94.3 Å². The van der Waals surface area contributed by atoms with Crippen LogP contribution < -0.4 is 11.4 Å². The van der Waals surface area contributed by atoms with E-state index in [1.165, 1.54) is 18.2 Å². The van der Waals surface area contributed by atoms with Gasteiger partial charge in [-0.2, -0.15) is 4.98 Å². The van der Waals surface area contributed by atoms with E-state index in [-0.39, 0.29) is 16.7 Å². The van der Waals surface area contributed by atoms with Crippen LogP contribution in [0.2, 0.25) is 5.02 Å². The van der Waals surface area contributed by atoms with Gasteiger partial charge in [-0.15, -0.1) is 0 Å². The molecule has 0 aliphatic rings. The van der Waals surface area contributed by atoms with E-state index in [4.69, 9.17) is 17.3 Å². The van der Waals surface area contributed by atoms with E-state index in [0.29, 0.717) is 0 Å². The van der Waals surface area contributed by atoms with E-state index in [1.807, 2.05) is 0 Å². The van der Waals surface area contributed by atoms with Crippen LogP contribution in [-0.2, 0) is 0 Å². The Balaban J connectivity index is 2.73. The number of rotatable bonds is 1. The molecule has 7 heteroatoms. The molecule has 0 aliphatic heterocycles. The Morgan fingerprint density at radius 1 is 1.44 bits per heavy atom. The van der Waals surface area contributed by atoms with Crippen molar-refractivity contribution in [1.82, 2.24) is 14.5 Å². The number of para-hydroxylation sites is 1. The summed E-state index contributed by atoms with van der Waals surface area (Å²) in [5.74, 6) is -0.809. The molecular weight excluding hydrogens is 235 g/mol. The molecule has 0 unspecified atom stereocenters. The van der Waals surface area contributed by atoms with Crippen LogP contribution in [0.25, 0.3) is 5.69 Å². The first-order chi connectivity index (χ1) is 7.59. The Morgan fingerprint density at radius 2 is 2.19 bits per heavy atom. The minimum Gasteiger partial charge on any atom is -0.368 e. The molecule has 0 amide bonds. The Morgan fingerprint density at radius 3 is 2.81 bits per heavy atom. The summed E-state index contributed by atoms with van der Waals surface area (Å²) in [6, 6.07) is 4.08. The molecule has 0 aliphatic carbocycles. The summed E-state index contributed by atoms with van der Waals surface area (Å²) >= 11 is 5.79. The molecule has 0 saturated heterocycles. The maximum absolute atomic E-state index is 13.5. The standard InChI is InChI=1S/C9H6ClFN4O/c10-5-2-1-3-6(11)7(5)15-4-13-8(12)14-9(15)16/h1-4H,(H2,12,14,16). The number of nitrogens with two attached hydrogens (primary N) is 1. The number of halogens is 2. The molecule has 0 saturated carbocycles. The molecule has 0 radical (unpaired) electrons. The van der Waals surface area contributed by atoms with Crippen LogP contribution in [0.3, 0.4) is 0 Å². The van der Waals surface area contributed by atoms with Crippen molar-refractivity contribution in [2.24, 2.45) is 0 Å². The van der Waals surface area contributed by atoms with Gasteiger partial charge in [0.1, 0.15) is 17.8 Å². The van der Waals surface area contributed by atoms with Crippen LogP contribution in [0.5, 0.6) is 0 Å². The van der Waals surface area contributed by atoms with Crippen LogP contribution in [0.4, 0.5) is 10.3 Å². The normalized spacial score (nSPS) is 10.4. The van der Waals surface area contributed by atoms with E-state index in [9.17, 15) is 9.18 Å². The maximum Gasteiger partial charge on any atom is 0.356 e. The lowest BCUT2D eigenvalue weighted by Crippen LogP contribution is -2.24. The number of benzene rings is 1. The largest absolute Gasteiger partial charge is 0.368 e. The zero-order valence-electron chi connectivity index (χ0n) is 7.89. The third-order valence-corrected chi connectivity index (χ3v) is 2.21. The summed E-state index contributed by atoms with van der Waals surface area (Å²) < 4.78 is 14.4. The van der Waals surface area contributed by atoms with Crippen molar-refractivity contribution in [1.29, 1.82) is 0 Å². The summed E-state index contributed by atoms with van der Waals surface area (Å²) in [6.07, 6.45) is 1.08. The third kappa shape index (κ3) is 1.74. The number of hydrogen-bond donors (Lipinski definition) is 1. The number of hydrogen-bond acceptors (Lipinski definition) is 4. The monoisotopic (exact) mass is 240 g/mol. The summed E-state index contributed by atoms with van der Waals surface area (Å²) in [4.78, 5) is 18.4. The van der Waals surface area contributed by atoms with Crippen molar-refractivity contribution >= 4 is 17.5 Å². The number of aromatic nitrogens is 3. The zero-order chi connectivity index (χ0) is 11.7. The van der Waals surface area contributed by atoms with Crippen molar-refractivity contribution in [3.05, 3.63) is 45.9 Å². The second-order valence-corrected chi connectivity index (χ2v) is 3.34. The lowest BCUT2D eigenvalue weighted by molar-refractivity contribution is 0.613. The maximum atomic E-state index is 13.5. The highest BCUT2D eigenvalue weighted by Crippen LogP contribution is 2.21. The van der Waals surface area contributed by atoms with E-state index in [0.717, 1.165) is 10.9 Å². The summed E-state index contributed by atoms with van der Waals surface area (Å²) in [6.45, 7) is 0. The van der Waals surface area contributed by atoms with Gasteiger partial charge in [0.15, 0.2) is 0 Å². The zero-order valence-corrected chi connectivity index (χ0v) is 8.65. The molecule has 2 rings (SSSR count). The van der Waals surface area contributed by atoms with Gasteiger partial charge in [0.05, 0.1) is 5.02 Å². The highest BCUT2D eigenvalue weighted by molar-refractivity contribution is 6.32. The molecule has 82 valence electrons. The van der Waals surface area contributed by atoms with Gasteiger partial charge < -0.3 is 5.73 Å². The first kappa shape index (κ1) is 10.6. The molecule has 1 heterocycles. The first-order valence-corrected chi connectivity index (χ1v) is 4.63. The van der Waals surface area contributed by atoms with Crippen LogP contribution >= 0.6 is 11.6 Å². The third-order valence-electron chi connectivity index (χ3n) is 1.90. The van der Waals surface area contributed by atoms with Crippen LogP contribution in [0.15, 0.2) is 29.3 Å². The number of nitrogen functional groups attached to an aromatic ring is 1. The average molecular weight is 241 g/mol.